The van der Waals surface area contributed by atoms with Crippen molar-refractivity contribution in [3.8, 4) is 0 Å². The molecule has 0 aromatic carbocycles. The second-order valence-corrected chi connectivity index (χ2v) is 28.1. The summed E-state index contributed by atoms with van der Waals surface area (Å²) in [5.74, 6) is 0. The molecule has 4 nitrogen and oxygen atoms in total. The summed E-state index contributed by atoms with van der Waals surface area (Å²) in [7, 11) is -8.87. The second kappa shape index (κ2) is 9.07. The number of hydrogen-bond acceptors (Lipinski definition) is 4. The molecule has 0 saturated heterocycles. The molecule has 8 heteroatoms. The lowest BCUT2D eigenvalue weighted by atomic mass is 9.97. The van der Waals surface area contributed by atoms with Gasteiger partial charge in [-0.3, -0.25) is 0 Å². The summed E-state index contributed by atoms with van der Waals surface area (Å²) < 4.78 is 27.7. The Balaban J connectivity index is 3.56. The van der Waals surface area contributed by atoms with E-state index in [0.717, 1.165) is 31.3 Å². The van der Waals surface area contributed by atoms with Crippen molar-refractivity contribution < 1.29 is 17.1 Å². The molecule has 0 radical (unpaired) electrons. The third-order valence-corrected chi connectivity index (χ3v) is 16.5. The molecule has 1 saturated carbocycles. The molecule has 1 aliphatic carbocycles. The van der Waals surface area contributed by atoms with Gasteiger partial charge in [-0.2, -0.15) is 0 Å². The van der Waals surface area contributed by atoms with Gasteiger partial charge in [-0.1, -0.05) is 31.4 Å². The lowest BCUT2D eigenvalue weighted by molar-refractivity contribution is -0.0459. The first-order chi connectivity index (χ1) is 12.0. The Morgan fingerprint density at radius 1 is 0.741 bits per heavy atom. The average Bonchev–Trinajstić information content (AvgIpc) is 2.40. The Hall–Kier alpha value is 0.448. The van der Waals surface area contributed by atoms with Crippen molar-refractivity contribution in [1.29, 1.82) is 0 Å². The summed E-state index contributed by atoms with van der Waals surface area (Å²) in [5.41, 5.74) is 1.04. The average molecular weight is 449 g/mol. The number of hydrogen-bond donors (Lipinski definition) is 0. The van der Waals surface area contributed by atoms with Gasteiger partial charge in [-0.25, -0.2) is 0 Å². The number of ether oxygens (including phenoxy) is 1. The normalized spacial score (nSPS) is 19.2. The Morgan fingerprint density at radius 2 is 1.11 bits per heavy atom. The van der Waals surface area contributed by atoms with Gasteiger partial charge in [0.15, 0.2) is 25.0 Å². The highest BCUT2D eigenvalue weighted by atomic mass is 28.5. The minimum absolute atomic E-state index is 0.439. The highest BCUT2D eigenvalue weighted by molar-refractivity contribution is 6.91. The van der Waals surface area contributed by atoms with Crippen LogP contribution in [-0.2, 0) is 17.1 Å². The molecule has 160 valence electrons. The molecule has 1 aliphatic rings. The minimum atomic E-state index is -3.10. The van der Waals surface area contributed by atoms with Crippen molar-refractivity contribution >= 4 is 33.8 Å². The van der Waals surface area contributed by atoms with Gasteiger partial charge >= 0.3 is 8.80 Å². The summed E-state index contributed by atoms with van der Waals surface area (Å²) in [5, 5.41) is -0.439. The van der Waals surface area contributed by atoms with Gasteiger partial charge in [0.25, 0.3) is 0 Å². The van der Waals surface area contributed by atoms with Crippen LogP contribution in [0.5, 0.6) is 0 Å². The van der Waals surface area contributed by atoms with Gasteiger partial charge in [0.05, 0.1) is 6.61 Å². The van der Waals surface area contributed by atoms with Crippen LogP contribution in [0.2, 0.25) is 58.9 Å². The fourth-order valence-electron chi connectivity index (χ4n) is 3.47. The molecule has 0 amide bonds. The van der Waals surface area contributed by atoms with E-state index in [9.17, 15) is 0 Å². The summed E-state index contributed by atoms with van der Waals surface area (Å²) in [6, 6.07) is 0. The highest BCUT2D eigenvalue weighted by Gasteiger charge is 2.65. The molecule has 27 heavy (non-hydrogen) atoms. The number of rotatable bonds is 10. The highest BCUT2D eigenvalue weighted by Crippen LogP contribution is 2.44. The molecule has 1 fully saturated rings. The fourth-order valence-corrected chi connectivity index (χ4v) is 18.2. The van der Waals surface area contributed by atoms with Crippen molar-refractivity contribution in [2.75, 3.05) is 6.61 Å². The largest absolute Gasteiger partial charge is 0.503 e. The predicted molar refractivity (Wildman–Crippen MR) is 126 cm³/mol. The first kappa shape index (κ1) is 25.5. The van der Waals surface area contributed by atoms with Gasteiger partial charge in [0.2, 0.25) is 0 Å². The zero-order valence-corrected chi connectivity index (χ0v) is 23.6. The van der Waals surface area contributed by atoms with E-state index < -0.39 is 39.0 Å². The molecule has 0 aliphatic heterocycles. The van der Waals surface area contributed by atoms with E-state index in [-0.39, 0.29) is 0 Å². The Labute approximate surface area is 172 Å². The Bertz CT molecular complexity index is 457. The van der Waals surface area contributed by atoms with Gasteiger partial charge < -0.3 is 17.1 Å². The van der Waals surface area contributed by atoms with Crippen LogP contribution in [0, 0.1) is 0 Å². The van der Waals surface area contributed by atoms with E-state index >= 15 is 0 Å². The molecule has 0 aromatic rings. The van der Waals surface area contributed by atoms with Crippen LogP contribution in [0.3, 0.4) is 0 Å². The van der Waals surface area contributed by atoms with Crippen molar-refractivity contribution in [2.24, 2.45) is 0 Å². The van der Waals surface area contributed by atoms with E-state index in [0.29, 0.717) is 6.61 Å². The molecule has 0 atom stereocenters. The van der Waals surface area contributed by atoms with Crippen molar-refractivity contribution in [2.45, 2.75) is 103 Å². The third-order valence-electron chi connectivity index (χ3n) is 4.14. The van der Waals surface area contributed by atoms with Crippen LogP contribution >= 0.6 is 0 Å². The van der Waals surface area contributed by atoms with Crippen LogP contribution in [0.15, 0.2) is 12.2 Å². The summed E-state index contributed by atoms with van der Waals surface area (Å²) in [6.45, 7) is 26.8. The molecule has 0 spiro atoms. The first-order valence-corrected chi connectivity index (χ1v) is 22.3. The van der Waals surface area contributed by atoms with Crippen molar-refractivity contribution in [3.05, 3.63) is 12.2 Å². The van der Waals surface area contributed by atoms with E-state index in [1.165, 1.54) is 6.42 Å². The van der Waals surface area contributed by atoms with Crippen LogP contribution in [-0.4, -0.2) is 45.6 Å². The standard InChI is InChI=1S/C19H44O4Si4/c1-18(2)17-20-19(15-13-12-14-16-19)27(21-24(3,4)5,22-25(6,7)8)23-26(9,10)11/h1,12-17H2,2-11H3. The SMILES string of the molecule is C=C(C)COC1([Si](O[Si](C)(C)C)(O[Si](C)(C)C)O[Si](C)(C)C)CCCCC1. The smallest absolute Gasteiger partial charge is 0.415 e. The monoisotopic (exact) mass is 448 g/mol. The Kier molecular flexibility index (Phi) is 8.56. The second-order valence-electron chi connectivity index (χ2n) is 11.0. The molecular formula is C19H44O4Si4. The molecule has 0 aromatic heterocycles. The maximum Gasteiger partial charge on any atom is 0.503 e. The minimum Gasteiger partial charge on any atom is -0.415 e. The van der Waals surface area contributed by atoms with Crippen molar-refractivity contribution in [1.82, 2.24) is 0 Å². The summed E-state index contributed by atoms with van der Waals surface area (Å²) >= 11 is 0. The molecular weight excluding hydrogens is 405 g/mol. The summed E-state index contributed by atoms with van der Waals surface area (Å²) in [6.07, 6.45) is 5.46. The maximum atomic E-state index is 7.00. The van der Waals surface area contributed by atoms with E-state index in [1.54, 1.807) is 0 Å². The Morgan fingerprint density at radius 3 is 1.41 bits per heavy atom. The van der Waals surface area contributed by atoms with Crippen LogP contribution < -0.4 is 0 Å². The first-order valence-electron chi connectivity index (χ1n) is 10.4. The van der Waals surface area contributed by atoms with Gasteiger partial charge in [0.1, 0.15) is 5.22 Å². The van der Waals surface area contributed by atoms with Crippen LogP contribution in [0.1, 0.15) is 39.0 Å². The van der Waals surface area contributed by atoms with Gasteiger partial charge in [0, 0.05) is 0 Å². The zero-order chi connectivity index (χ0) is 21.1. The van der Waals surface area contributed by atoms with Crippen molar-refractivity contribution in [3.63, 3.8) is 0 Å². The lowest BCUT2D eigenvalue weighted by Gasteiger charge is -2.53. The van der Waals surface area contributed by atoms with Gasteiger partial charge in [-0.15, -0.1) is 0 Å². The fraction of sp³-hybridized carbons (Fsp3) is 0.895. The molecule has 0 heterocycles. The third kappa shape index (κ3) is 8.37. The predicted octanol–water partition coefficient (Wildman–Crippen LogP) is 6.31. The molecule has 0 unspecified atom stereocenters. The van der Waals surface area contributed by atoms with E-state index in [2.05, 4.69) is 65.5 Å². The van der Waals surface area contributed by atoms with E-state index in [4.69, 9.17) is 17.1 Å². The molecule has 0 N–H and O–H groups in total. The van der Waals surface area contributed by atoms with E-state index in [1.807, 2.05) is 6.92 Å². The zero-order valence-electron chi connectivity index (χ0n) is 19.6. The van der Waals surface area contributed by atoms with Crippen LogP contribution in [0.25, 0.3) is 0 Å². The molecule has 0 bridgehead atoms. The quantitative estimate of drug-likeness (QED) is 0.289. The lowest BCUT2D eigenvalue weighted by Crippen LogP contribution is -2.74. The molecule has 1 rings (SSSR count). The van der Waals surface area contributed by atoms with Gasteiger partial charge in [-0.05, 0) is 78.7 Å². The summed E-state index contributed by atoms with van der Waals surface area (Å²) in [4.78, 5) is 0. The maximum absolute atomic E-state index is 7.00. The van der Waals surface area contributed by atoms with Crippen LogP contribution in [0.4, 0.5) is 0 Å². The topological polar surface area (TPSA) is 36.9 Å².